The van der Waals surface area contributed by atoms with Gasteiger partial charge in [0.25, 0.3) is 6.47 Å². The number of fused-ring (bicyclic) bond motifs is 2. The number of aliphatic hydroxyl groups is 2. The first kappa shape index (κ1) is 60.1. The van der Waals surface area contributed by atoms with Gasteiger partial charge >= 0.3 is 103 Å². The van der Waals surface area contributed by atoms with Crippen LogP contribution in [-0.4, -0.2) is 98.5 Å². The molecule has 0 aliphatic rings. The molecule has 0 radical (unpaired) electrons. The zero-order valence-electron chi connectivity index (χ0n) is 39.2. The van der Waals surface area contributed by atoms with E-state index in [1.807, 2.05) is 33.8 Å². The number of halogens is 1. The van der Waals surface area contributed by atoms with Crippen LogP contribution >= 0.6 is 15.9 Å². The largest absolute Gasteiger partial charge is 1.00 e. The minimum absolute atomic E-state index is 0. The summed E-state index contributed by atoms with van der Waals surface area (Å²) in [7, 11) is -7.15. The molecule has 64 heavy (non-hydrogen) atoms. The summed E-state index contributed by atoms with van der Waals surface area (Å²) in [5.74, 6) is 1.56. The second-order valence-corrected chi connectivity index (χ2v) is 21.7. The van der Waals surface area contributed by atoms with Crippen molar-refractivity contribution < 1.29 is 151 Å². The van der Waals surface area contributed by atoms with Gasteiger partial charge in [-0.15, -0.1) is 0 Å². The van der Waals surface area contributed by atoms with Gasteiger partial charge < -0.3 is 37.2 Å². The normalized spacial score (nSPS) is 11.3. The summed E-state index contributed by atoms with van der Waals surface area (Å²) in [4.78, 5) is 20.3. The van der Waals surface area contributed by atoms with Gasteiger partial charge in [0.15, 0.2) is 31.3 Å². The summed E-state index contributed by atoms with van der Waals surface area (Å²) in [6, 6.07) is 11.8. The van der Waals surface area contributed by atoms with Gasteiger partial charge in [-0.05, 0) is 106 Å². The van der Waals surface area contributed by atoms with E-state index in [9.17, 15) is 16.8 Å². The molecular formula is C41H55BrK2N8O10S2. The minimum Gasteiger partial charge on any atom is -1.00 e. The summed E-state index contributed by atoms with van der Waals surface area (Å²) < 4.78 is 55.6. The minimum atomic E-state index is -3.71. The van der Waals surface area contributed by atoms with E-state index in [-0.39, 0.29) is 141 Å². The van der Waals surface area contributed by atoms with Crippen molar-refractivity contribution in [3.63, 3.8) is 0 Å². The van der Waals surface area contributed by atoms with Crippen molar-refractivity contribution in [2.75, 3.05) is 35.8 Å². The Bertz CT molecular complexity index is 2690. The molecule has 0 fully saturated rings. The molecule has 4 aromatic heterocycles. The molecular weight excluding hydrogens is 987 g/mol. The SMILES string of the molecule is Cc1[nH]nc(Nc2ccnc3cc(OCCO)c(S(=O)(=O)C(C)(C)C)cc23)c1C.Cc1[nH]nc(Nc2ccnc3ccc(S(=O)(=O)C(C)(C)C)cc23)c1C.O=CO[O-].OCCBr.[H-].[K+].[K+]. The Morgan fingerprint density at radius 2 is 1.20 bits per heavy atom. The molecule has 0 bridgehead atoms. The smallest absolute Gasteiger partial charge is 1.00 e. The number of ether oxygens (including phenoxy) is 1. The van der Waals surface area contributed by atoms with Crippen LogP contribution < -0.4 is 123 Å². The van der Waals surface area contributed by atoms with Crippen molar-refractivity contribution in [2.45, 2.75) is 88.5 Å². The van der Waals surface area contributed by atoms with Crippen molar-refractivity contribution >= 4 is 86.9 Å². The number of H-pyrrole nitrogens is 2. The van der Waals surface area contributed by atoms with E-state index >= 15 is 0 Å². The number of hydrogen-bond acceptors (Lipinski definition) is 16. The third-order valence-corrected chi connectivity index (χ3v) is 14.6. The number of aromatic amines is 2. The van der Waals surface area contributed by atoms with Gasteiger partial charge in [0.2, 0.25) is 0 Å². The maximum atomic E-state index is 13.2. The summed E-state index contributed by atoms with van der Waals surface area (Å²) in [5.41, 5.74) is 6.67. The van der Waals surface area contributed by atoms with E-state index in [1.54, 1.807) is 90.3 Å². The predicted molar refractivity (Wildman–Crippen MR) is 242 cm³/mol. The van der Waals surface area contributed by atoms with Crippen LogP contribution in [0.15, 0.2) is 64.6 Å². The Morgan fingerprint density at radius 3 is 1.59 bits per heavy atom. The Balaban J connectivity index is 0.00000105. The fourth-order valence-electron chi connectivity index (χ4n) is 5.29. The Kier molecular flexibility index (Phi) is 25.0. The molecule has 0 atom stereocenters. The average Bonchev–Trinajstić information content (AvgIpc) is 3.72. The third-order valence-electron chi connectivity index (χ3n) is 9.22. The van der Waals surface area contributed by atoms with Crippen LogP contribution in [0.1, 0.15) is 65.5 Å². The number of aryl methyl sites for hydroxylation is 2. The zero-order valence-corrected chi connectivity index (χ0v) is 47.7. The van der Waals surface area contributed by atoms with Crippen molar-refractivity contribution in [3.05, 3.63) is 77.4 Å². The van der Waals surface area contributed by atoms with E-state index in [0.717, 1.165) is 39.1 Å². The van der Waals surface area contributed by atoms with E-state index in [0.29, 0.717) is 38.5 Å². The quantitative estimate of drug-likeness (QED) is 0.0330. The van der Waals surface area contributed by atoms with Gasteiger partial charge in [-0.2, -0.15) is 10.2 Å². The van der Waals surface area contributed by atoms with Crippen molar-refractivity contribution in [1.29, 1.82) is 0 Å². The number of hydrogen-bond donors (Lipinski definition) is 6. The number of sulfone groups is 2. The monoisotopic (exact) mass is 1040 g/mol. The Hall–Kier alpha value is -1.92. The van der Waals surface area contributed by atoms with Crippen LogP contribution in [-0.2, 0) is 29.4 Å². The molecule has 0 aliphatic carbocycles. The molecule has 0 spiro atoms. The molecule has 0 unspecified atom stereocenters. The molecule has 0 saturated carbocycles. The van der Waals surface area contributed by atoms with Gasteiger partial charge in [-0.1, -0.05) is 15.9 Å². The molecule has 340 valence electrons. The topological polar surface area (TPSA) is 275 Å². The molecule has 6 N–H and O–H groups in total. The van der Waals surface area contributed by atoms with E-state index in [1.165, 1.54) is 0 Å². The van der Waals surface area contributed by atoms with E-state index < -0.39 is 29.2 Å². The summed E-state index contributed by atoms with van der Waals surface area (Å²) in [5, 5.41) is 48.3. The predicted octanol–water partition coefficient (Wildman–Crippen LogP) is 0.0810. The molecule has 6 rings (SSSR count). The summed E-state index contributed by atoms with van der Waals surface area (Å²) >= 11 is 3.00. The number of rotatable bonds is 11. The van der Waals surface area contributed by atoms with E-state index in [4.69, 9.17) is 25.0 Å². The maximum Gasteiger partial charge on any atom is 1.00 e. The summed E-state index contributed by atoms with van der Waals surface area (Å²) in [6.07, 6.45) is 3.32. The second-order valence-electron chi connectivity index (χ2n) is 15.5. The number of benzene rings is 2. The summed E-state index contributed by atoms with van der Waals surface area (Å²) in [6.45, 7) is 17.6. The van der Waals surface area contributed by atoms with Gasteiger partial charge in [0.1, 0.15) is 17.3 Å². The Morgan fingerprint density at radius 1 is 0.750 bits per heavy atom. The molecule has 23 heteroatoms. The van der Waals surface area contributed by atoms with Gasteiger partial charge in [-0.25, -0.2) is 16.8 Å². The Labute approximate surface area is 469 Å². The molecule has 18 nitrogen and oxygen atoms in total. The number of nitrogens with one attached hydrogen (secondary N) is 4. The van der Waals surface area contributed by atoms with Crippen molar-refractivity contribution in [1.82, 2.24) is 30.4 Å². The maximum absolute atomic E-state index is 13.2. The van der Waals surface area contributed by atoms with Crippen LogP contribution in [0.5, 0.6) is 5.75 Å². The molecule has 0 amide bonds. The molecule has 6 aromatic rings. The third kappa shape index (κ3) is 15.3. The average molecular weight is 1040 g/mol. The number of anilines is 4. The van der Waals surface area contributed by atoms with Crippen LogP contribution in [0.3, 0.4) is 0 Å². The first-order valence-corrected chi connectivity index (χ1v) is 23.1. The van der Waals surface area contributed by atoms with Crippen molar-refractivity contribution in [3.8, 4) is 5.75 Å². The molecule has 0 saturated heterocycles. The standard InChI is InChI=1S/C20H26N4O4S.C18H22N4O2S.C2H5BrO.CH2O3.2K.H/c1-12-13(2)23-24-19(12)22-15-6-7-21-16-11-17(28-9-8-25)18(10-14(15)16)29(26,27)20(3,4)5;1-11-12(2)21-22-17(11)20-16-8-9-19-15-7-6-13(10-14(15)16)25(23,24)18(3,4)5;3-1-2-4;2-1-4-3;;;/h6-7,10-11,25H,8-9H2,1-5H3,(H2,21,22,23,24);6-10H,1-5H3,(H2,19,20,21,22);4H,1-2H2;1,3H;;;/q;;;;2*+1;-1/p-1. The number of alkyl halides is 1. The fraction of sp³-hybridized carbons (Fsp3) is 0.390. The molecule has 0 aliphatic heterocycles. The number of pyridine rings is 2. The van der Waals surface area contributed by atoms with Gasteiger partial charge in [0, 0.05) is 57.1 Å². The zero-order chi connectivity index (χ0) is 46.6. The van der Waals surface area contributed by atoms with Crippen LogP contribution in [0.4, 0.5) is 23.0 Å². The molecule has 4 heterocycles. The van der Waals surface area contributed by atoms with Crippen LogP contribution in [0, 0.1) is 27.7 Å². The van der Waals surface area contributed by atoms with E-state index in [2.05, 4.69) is 61.8 Å². The fourth-order valence-corrected chi connectivity index (χ4v) is 7.84. The number of carbonyl (C=O) groups is 1. The van der Waals surface area contributed by atoms with Gasteiger partial charge in [0.05, 0.1) is 50.0 Å². The number of nitrogens with zero attached hydrogens (tertiary/aromatic N) is 4. The first-order valence-electron chi connectivity index (χ1n) is 19.0. The van der Waals surface area contributed by atoms with Crippen molar-refractivity contribution in [2.24, 2.45) is 0 Å². The number of aliphatic hydroxyl groups excluding tert-OH is 2. The van der Waals surface area contributed by atoms with Crippen LogP contribution in [0.2, 0.25) is 0 Å². The molecule has 2 aromatic carbocycles. The number of carbonyl (C=O) groups excluding carboxylic acids is 1. The van der Waals surface area contributed by atoms with Gasteiger partial charge in [-0.3, -0.25) is 25.0 Å². The second kappa shape index (κ2) is 26.6. The van der Waals surface area contributed by atoms with Crippen LogP contribution in [0.25, 0.3) is 21.8 Å². The number of aromatic nitrogens is 6. The first-order chi connectivity index (χ1) is 29.0.